The topological polar surface area (TPSA) is 55.8 Å². The van der Waals surface area contributed by atoms with Gasteiger partial charge >= 0.3 is 11.9 Å². The molecule has 0 amide bonds. The highest BCUT2D eigenvalue weighted by Crippen LogP contribution is 2.35. The first-order valence-corrected chi connectivity index (χ1v) is 6.90. The van der Waals surface area contributed by atoms with Crippen LogP contribution < -0.4 is 4.90 Å². The highest BCUT2D eigenvalue weighted by Gasteiger charge is 2.28. The maximum absolute atomic E-state index is 11.9. The Labute approximate surface area is 121 Å². The molecule has 0 radical (unpaired) electrons. The average Bonchev–Trinajstić information content (AvgIpc) is 2.53. The third kappa shape index (κ3) is 1.81. The number of morpholine rings is 1. The molecule has 1 saturated heterocycles. The van der Waals surface area contributed by atoms with Crippen LogP contribution in [-0.4, -0.2) is 38.2 Å². The molecule has 106 valence electrons. The van der Waals surface area contributed by atoms with Gasteiger partial charge in [0.05, 0.1) is 24.3 Å². The van der Waals surface area contributed by atoms with Crippen LogP contribution in [-0.2, 0) is 9.47 Å². The largest absolute Gasteiger partial charge is 0.386 e. The van der Waals surface area contributed by atoms with E-state index >= 15 is 0 Å². The van der Waals surface area contributed by atoms with E-state index in [1.54, 1.807) is 12.1 Å². The Morgan fingerprint density at radius 1 is 0.905 bits per heavy atom. The molecule has 4 rings (SSSR count). The summed E-state index contributed by atoms with van der Waals surface area (Å²) in [6.07, 6.45) is 0. The molecule has 0 aromatic heterocycles. The summed E-state index contributed by atoms with van der Waals surface area (Å²) < 4.78 is 10.2. The van der Waals surface area contributed by atoms with Crippen LogP contribution in [0.15, 0.2) is 30.3 Å². The molecule has 2 aromatic carbocycles. The number of carbonyl (C=O) groups is 2. The second kappa shape index (κ2) is 4.56. The van der Waals surface area contributed by atoms with Crippen molar-refractivity contribution in [1.29, 1.82) is 0 Å². The van der Waals surface area contributed by atoms with Crippen LogP contribution in [0, 0.1) is 0 Å². The lowest BCUT2D eigenvalue weighted by atomic mass is 9.95. The predicted molar refractivity (Wildman–Crippen MR) is 76.7 cm³/mol. The third-order valence-corrected chi connectivity index (χ3v) is 3.99. The second-order valence-electron chi connectivity index (χ2n) is 5.14. The lowest BCUT2D eigenvalue weighted by molar-refractivity contribution is 0.0391. The van der Waals surface area contributed by atoms with Crippen LogP contribution in [0.25, 0.3) is 10.8 Å². The summed E-state index contributed by atoms with van der Waals surface area (Å²) in [6, 6.07) is 9.13. The van der Waals surface area contributed by atoms with Crippen LogP contribution in [0.1, 0.15) is 20.7 Å². The number of benzene rings is 2. The molecule has 0 spiro atoms. The van der Waals surface area contributed by atoms with Gasteiger partial charge in [0, 0.05) is 29.5 Å². The van der Waals surface area contributed by atoms with E-state index in [2.05, 4.69) is 4.90 Å². The number of anilines is 1. The summed E-state index contributed by atoms with van der Waals surface area (Å²) in [5, 5.41) is 1.61. The fraction of sp³-hybridized carbons (Fsp3) is 0.250. The SMILES string of the molecule is O=C1OC(=O)c2ccc(N3CCOCC3)c3cccc1c23. The first-order chi connectivity index (χ1) is 10.3. The van der Waals surface area contributed by atoms with Crippen molar-refractivity contribution in [3.05, 3.63) is 41.5 Å². The summed E-state index contributed by atoms with van der Waals surface area (Å²) in [4.78, 5) is 26.0. The van der Waals surface area contributed by atoms with Crippen LogP contribution in [0.3, 0.4) is 0 Å². The van der Waals surface area contributed by atoms with Crippen molar-refractivity contribution in [2.75, 3.05) is 31.2 Å². The van der Waals surface area contributed by atoms with E-state index in [4.69, 9.17) is 9.47 Å². The van der Waals surface area contributed by atoms with Crippen molar-refractivity contribution in [2.45, 2.75) is 0 Å². The van der Waals surface area contributed by atoms with Gasteiger partial charge in [-0.05, 0) is 18.2 Å². The van der Waals surface area contributed by atoms with Crippen molar-refractivity contribution in [1.82, 2.24) is 0 Å². The van der Waals surface area contributed by atoms with Crippen molar-refractivity contribution < 1.29 is 19.1 Å². The summed E-state index contributed by atoms with van der Waals surface area (Å²) in [7, 11) is 0. The van der Waals surface area contributed by atoms with Crippen LogP contribution in [0.4, 0.5) is 5.69 Å². The number of hydrogen-bond donors (Lipinski definition) is 0. The Morgan fingerprint density at radius 2 is 1.62 bits per heavy atom. The second-order valence-corrected chi connectivity index (χ2v) is 5.14. The molecule has 2 aromatic rings. The van der Waals surface area contributed by atoms with E-state index in [0.717, 1.165) is 24.2 Å². The highest BCUT2D eigenvalue weighted by atomic mass is 16.6. The zero-order valence-corrected chi connectivity index (χ0v) is 11.3. The van der Waals surface area contributed by atoms with E-state index in [1.807, 2.05) is 18.2 Å². The quantitative estimate of drug-likeness (QED) is 0.592. The molecule has 2 aliphatic heterocycles. The van der Waals surface area contributed by atoms with Gasteiger partial charge in [0.1, 0.15) is 0 Å². The normalized spacial score (nSPS) is 18.0. The van der Waals surface area contributed by atoms with Gasteiger partial charge < -0.3 is 14.4 Å². The molecule has 0 aliphatic carbocycles. The highest BCUT2D eigenvalue weighted by molar-refractivity contribution is 6.22. The van der Waals surface area contributed by atoms with E-state index in [9.17, 15) is 9.59 Å². The Morgan fingerprint density at radius 3 is 2.38 bits per heavy atom. The molecule has 0 atom stereocenters. The monoisotopic (exact) mass is 283 g/mol. The molecule has 2 aliphatic rings. The average molecular weight is 283 g/mol. The number of ether oxygens (including phenoxy) is 2. The van der Waals surface area contributed by atoms with Gasteiger partial charge in [-0.2, -0.15) is 0 Å². The summed E-state index contributed by atoms with van der Waals surface area (Å²) in [6.45, 7) is 2.97. The Hall–Kier alpha value is -2.40. The summed E-state index contributed by atoms with van der Waals surface area (Å²) in [5.41, 5.74) is 1.94. The van der Waals surface area contributed by atoms with Gasteiger partial charge in [0.25, 0.3) is 0 Å². The first kappa shape index (κ1) is 12.3. The van der Waals surface area contributed by atoms with E-state index in [1.165, 1.54) is 0 Å². The van der Waals surface area contributed by atoms with Crippen molar-refractivity contribution in [2.24, 2.45) is 0 Å². The molecular weight excluding hydrogens is 270 g/mol. The van der Waals surface area contributed by atoms with E-state index in [-0.39, 0.29) is 0 Å². The van der Waals surface area contributed by atoms with Gasteiger partial charge in [-0.15, -0.1) is 0 Å². The summed E-state index contributed by atoms with van der Waals surface area (Å²) >= 11 is 0. The number of nitrogens with zero attached hydrogens (tertiary/aromatic N) is 1. The van der Waals surface area contributed by atoms with Gasteiger partial charge in [-0.1, -0.05) is 12.1 Å². The molecule has 0 unspecified atom stereocenters. The minimum atomic E-state index is -0.572. The van der Waals surface area contributed by atoms with Crippen LogP contribution in [0.2, 0.25) is 0 Å². The fourth-order valence-electron chi connectivity index (χ4n) is 3.01. The van der Waals surface area contributed by atoms with Gasteiger partial charge in [-0.3, -0.25) is 0 Å². The zero-order chi connectivity index (χ0) is 14.4. The van der Waals surface area contributed by atoms with Crippen LogP contribution >= 0.6 is 0 Å². The minimum absolute atomic E-state index is 0.456. The number of carbonyl (C=O) groups excluding carboxylic acids is 2. The summed E-state index contributed by atoms with van der Waals surface area (Å²) in [5.74, 6) is -1.14. The lowest BCUT2D eigenvalue weighted by Crippen LogP contribution is -2.36. The predicted octanol–water partition coefficient (Wildman–Crippen LogP) is 1.99. The molecule has 5 nitrogen and oxygen atoms in total. The molecule has 0 bridgehead atoms. The molecule has 1 fully saturated rings. The Kier molecular flexibility index (Phi) is 2.68. The molecule has 0 saturated carbocycles. The first-order valence-electron chi connectivity index (χ1n) is 6.90. The molecule has 21 heavy (non-hydrogen) atoms. The van der Waals surface area contributed by atoms with Crippen molar-refractivity contribution in [3.63, 3.8) is 0 Å². The standard InChI is InChI=1S/C16H13NO4/c18-15-11-3-1-2-10-13(17-6-8-20-9-7-17)5-4-12(14(10)11)16(19)21-15/h1-5H,6-9H2. The Bertz CT molecular complexity index is 742. The van der Waals surface area contributed by atoms with E-state index in [0.29, 0.717) is 29.7 Å². The van der Waals surface area contributed by atoms with Crippen molar-refractivity contribution >= 4 is 28.4 Å². The number of rotatable bonds is 1. The molecular formula is C16H13NO4. The third-order valence-electron chi connectivity index (χ3n) is 3.99. The smallest absolute Gasteiger partial charge is 0.346 e. The zero-order valence-electron chi connectivity index (χ0n) is 11.3. The lowest BCUT2D eigenvalue weighted by Gasteiger charge is -2.30. The molecule has 2 heterocycles. The van der Waals surface area contributed by atoms with E-state index < -0.39 is 11.9 Å². The Balaban J connectivity index is 1.98. The van der Waals surface area contributed by atoms with Crippen molar-refractivity contribution in [3.8, 4) is 0 Å². The fourth-order valence-corrected chi connectivity index (χ4v) is 3.01. The number of esters is 2. The molecule has 0 N–H and O–H groups in total. The van der Waals surface area contributed by atoms with Gasteiger partial charge in [-0.25, -0.2) is 9.59 Å². The minimum Gasteiger partial charge on any atom is -0.386 e. The molecule has 5 heteroatoms. The maximum atomic E-state index is 11.9. The number of hydrogen-bond acceptors (Lipinski definition) is 5. The maximum Gasteiger partial charge on any atom is 0.346 e. The van der Waals surface area contributed by atoms with Crippen LogP contribution in [0.5, 0.6) is 0 Å². The van der Waals surface area contributed by atoms with Gasteiger partial charge in [0.15, 0.2) is 0 Å². The number of cyclic esters (lactones) is 2. The van der Waals surface area contributed by atoms with Gasteiger partial charge in [0.2, 0.25) is 0 Å².